The van der Waals surface area contributed by atoms with Gasteiger partial charge in [-0.1, -0.05) is 13.3 Å². The normalized spacial score (nSPS) is 11.9. The van der Waals surface area contributed by atoms with Gasteiger partial charge in [-0.05, 0) is 18.4 Å². The number of carbonyl (C=O) groups is 2. The molecule has 0 radical (unpaired) electrons. The van der Waals surface area contributed by atoms with Gasteiger partial charge >= 0.3 is 12.0 Å². The van der Waals surface area contributed by atoms with Gasteiger partial charge in [-0.25, -0.2) is 4.79 Å². The Labute approximate surface area is 118 Å². The lowest BCUT2D eigenvalue weighted by Gasteiger charge is -2.12. The van der Waals surface area contributed by atoms with Gasteiger partial charge in [0.25, 0.3) is 0 Å². The predicted octanol–water partition coefficient (Wildman–Crippen LogP) is 0.763. The van der Waals surface area contributed by atoms with E-state index in [-0.39, 0.29) is 12.6 Å². The highest BCUT2D eigenvalue weighted by Crippen LogP contribution is 2.04. The summed E-state index contributed by atoms with van der Waals surface area (Å²) >= 11 is 0. The van der Waals surface area contributed by atoms with Crippen molar-refractivity contribution in [1.29, 1.82) is 0 Å². The maximum absolute atomic E-state index is 11.5. The molecule has 0 aliphatic rings. The summed E-state index contributed by atoms with van der Waals surface area (Å²) in [5.74, 6) is -1.40. The number of aliphatic carboxylic acids is 1. The fourth-order valence-electron chi connectivity index (χ4n) is 1.86. The zero-order valence-corrected chi connectivity index (χ0v) is 11.9. The van der Waals surface area contributed by atoms with Crippen molar-refractivity contribution in [3.8, 4) is 0 Å². The van der Waals surface area contributed by atoms with Gasteiger partial charge in [-0.3, -0.25) is 9.48 Å². The zero-order valence-electron chi connectivity index (χ0n) is 11.9. The van der Waals surface area contributed by atoms with Gasteiger partial charge in [0.15, 0.2) is 0 Å². The monoisotopic (exact) mass is 282 g/mol. The fourth-order valence-corrected chi connectivity index (χ4v) is 1.86. The first-order valence-corrected chi connectivity index (χ1v) is 6.75. The number of nitrogens with one attached hydrogen (secondary N) is 2. The molecule has 0 aliphatic carbocycles. The van der Waals surface area contributed by atoms with Crippen LogP contribution in [0.4, 0.5) is 4.79 Å². The van der Waals surface area contributed by atoms with Crippen LogP contribution in [0.15, 0.2) is 12.4 Å². The summed E-state index contributed by atoms with van der Waals surface area (Å²) < 4.78 is 1.71. The molecule has 1 rings (SSSR count). The second kappa shape index (κ2) is 8.19. The van der Waals surface area contributed by atoms with Crippen molar-refractivity contribution in [3.63, 3.8) is 0 Å². The van der Waals surface area contributed by atoms with E-state index in [1.807, 2.05) is 20.2 Å². The van der Waals surface area contributed by atoms with Gasteiger partial charge in [0, 0.05) is 26.3 Å². The van der Waals surface area contributed by atoms with Crippen LogP contribution in [-0.4, -0.2) is 40.0 Å². The first-order chi connectivity index (χ1) is 9.52. The number of carboxylic acids is 1. The summed E-state index contributed by atoms with van der Waals surface area (Å²) in [6, 6.07) is -0.337. The van der Waals surface area contributed by atoms with Crippen LogP contribution in [0.1, 0.15) is 25.3 Å². The van der Waals surface area contributed by atoms with Gasteiger partial charge in [0.05, 0.1) is 12.1 Å². The fraction of sp³-hybridized carbons (Fsp3) is 0.615. The molecule has 0 saturated heterocycles. The predicted molar refractivity (Wildman–Crippen MR) is 74.3 cm³/mol. The van der Waals surface area contributed by atoms with Crippen LogP contribution in [0.3, 0.4) is 0 Å². The minimum atomic E-state index is -0.873. The second-order valence-electron chi connectivity index (χ2n) is 4.73. The van der Waals surface area contributed by atoms with Crippen LogP contribution < -0.4 is 10.6 Å². The summed E-state index contributed by atoms with van der Waals surface area (Å²) in [6.45, 7) is 2.56. The van der Waals surface area contributed by atoms with Crippen molar-refractivity contribution in [2.75, 3.05) is 13.1 Å². The van der Waals surface area contributed by atoms with Crippen LogP contribution >= 0.6 is 0 Å². The lowest BCUT2D eigenvalue weighted by atomic mass is 10.0. The lowest BCUT2D eigenvalue weighted by molar-refractivity contribution is -0.141. The maximum Gasteiger partial charge on any atom is 0.314 e. The molecule has 20 heavy (non-hydrogen) atoms. The van der Waals surface area contributed by atoms with E-state index in [2.05, 4.69) is 15.7 Å². The Morgan fingerprint density at radius 1 is 1.45 bits per heavy atom. The van der Waals surface area contributed by atoms with Crippen molar-refractivity contribution in [1.82, 2.24) is 20.4 Å². The summed E-state index contributed by atoms with van der Waals surface area (Å²) in [7, 11) is 1.84. The van der Waals surface area contributed by atoms with Crippen molar-refractivity contribution in [3.05, 3.63) is 18.0 Å². The van der Waals surface area contributed by atoms with Crippen molar-refractivity contribution in [2.24, 2.45) is 13.0 Å². The number of hydrogen-bond donors (Lipinski definition) is 3. The number of aryl methyl sites for hydroxylation is 1. The van der Waals surface area contributed by atoms with Crippen LogP contribution in [0, 0.1) is 5.92 Å². The van der Waals surface area contributed by atoms with E-state index in [4.69, 9.17) is 5.11 Å². The van der Waals surface area contributed by atoms with Gasteiger partial charge in [0.2, 0.25) is 0 Å². The van der Waals surface area contributed by atoms with Crippen molar-refractivity contribution in [2.45, 2.75) is 26.2 Å². The first-order valence-electron chi connectivity index (χ1n) is 6.75. The molecule has 1 aromatic rings. The molecule has 1 aromatic heterocycles. The topological polar surface area (TPSA) is 96.3 Å². The number of carbonyl (C=O) groups excluding carboxylic acids is 1. The van der Waals surface area contributed by atoms with E-state index in [9.17, 15) is 9.59 Å². The number of amides is 2. The van der Waals surface area contributed by atoms with E-state index >= 15 is 0 Å². The third kappa shape index (κ3) is 5.73. The van der Waals surface area contributed by atoms with Crippen molar-refractivity contribution < 1.29 is 14.7 Å². The van der Waals surface area contributed by atoms with Crippen LogP contribution in [-0.2, 0) is 18.3 Å². The average Bonchev–Trinajstić information content (AvgIpc) is 2.80. The third-order valence-electron chi connectivity index (χ3n) is 2.95. The standard InChI is InChI=1S/C13H22N4O3/c1-3-4-11(12(18)19)8-15-13(20)14-6-5-10-7-16-17(2)9-10/h7,9,11H,3-6,8H2,1-2H3,(H,18,19)(H2,14,15,20). The van der Waals surface area contributed by atoms with Gasteiger partial charge in [-0.15, -0.1) is 0 Å². The Balaban J connectivity index is 2.21. The summed E-state index contributed by atoms with van der Waals surface area (Å²) in [6.07, 6.45) is 5.67. The van der Waals surface area contributed by atoms with Crippen LogP contribution in [0.5, 0.6) is 0 Å². The van der Waals surface area contributed by atoms with Crippen molar-refractivity contribution >= 4 is 12.0 Å². The smallest absolute Gasteiger partial charge is 0.314 e. The van der Waals surface area contributed by atoms with Gasteiger partial charge < -0.3 is 15.7 Å². The quantitative estimate of drug-likeness (QED) is 0.656. The highest BCUT2D eigenvalue weighted by Gasteiger charge is 2.16. The molecule has 0 saturated carbocycles. The number of aromatic nitrogens is 2. The molecule has 0 bridgehead atoms. The number of urea groups is 1. The lowest BCUT2D eigenvalue weighted by Crippen LogP contribution is -2.40. The van der Waals surface area contributed by atoms with Gasteiger partial charge in [-0.2, -0.15) is 5.10 Å². The third-order valence-corrected chi connectivity index (χ3v) is 2.95. The Morgan fingerprint density at radius 3 is 2.75 bits per heavy atom. The van der Waals surface area contributed by atoms with E-state index in [1.54, 1.807) is 10.9 Å². The van der Waals surface area contributed by atoms with Crippen LogP contribution in [0.2, 0.25) is 0 Å². The van der Waals surface area contributed by atoms with Gasteiger partial charge in [0.1, 0.15) is 0 Å². The SMILES string of the molecule is CCCC(CNC(=O)NCCc1cnn(C)c1)C(=O)O. The minimum absolute atomic E-state index is 0.155. The van der Waals surface area contributed by atoms with E-state index in [0.717, 1.165) is 12.0 Å². The summed E-state index contributed by atoms with van der Waals surface area (Å²) in [4.78, 5) is 22.5. The molecule has 3 N–H and O–H groups in total. The molecule has 7 nitrogen and oxygen atoms in total. The Hall–Kier alpha value is -2.05. The first kappa shape index (κ1) is 16.0. The molecule has 0 spiro atoms. The highest BCUT2D eigenvalue weighted by atomic mass is 16.4. The molecule has 0 aromatic carbocycles. The molecule has 0 fully saturated rings. The Morgan fingerprint density at radius 2 is 2.20 bits per heavy atom. The molecular formula is C13H22N4O3. The Kier molecular flexibility index (Phi) is 6.55. The number of hydrogen-bond acceptors (Lipinski definition) is 3. The highest BCUT2D eigenvalue weighted by molar-refractivity contribution is 5.75. The summed E-state index contributed by atoms with van der Waals surface area (Å²) in [5.41, 5.74) is 1.04. The molecule has 1 atom stereocenters. The molecule has 2 amide bonds. The molecule has 112 valence electrons. The molecule has 1 unspecified atom stereocenters. The molecule has 1 heterocycles. The number of carboxylic acid groups (broad SMARTS) is 1. The average molecular weight is 282 g/mol. The molecular weight excluding hydrogens is 260 g/mol. The number of nitrogens with zero attached hydrogens (tertiary/aromatic N) is 2. The number of rotatable bonds is 8. The second-order valence-corrected chi connectivity index (χ2v) is 4.73. The minimum Gasteiger partial charge on any atom is -0.481 e. The Bertz CT molecular complexity index is 445. The molecule has 0 aliphatic heterocycles. The maximum atomic E-state index is 11.5. The summed E-state index contributed by atoms with van der Waals surface area (Å²) in [5, 5.41) is 18.3. The molecule has 7 heteroatoms. The van der Waals surface area contributed by atoms with E-state index in [0.29, 0.717) is 19.4 Å². The van der Waals surface area contributed by atoms with E-state index < -0.39 is 11.9 Å². The van der Waals surface area contributed by atoms with Crippen LogP contribution in [0.25, 0.3) is 0 Å². The van der Waals surface area contributed by atoms with E-state index in [1.165, 1.54) is 0 Å². The zero-order chi connectivity index (χ0) is 15.0. The largest absolute Gasteiger partial charge is 0.481 e.